The molecule has 2 aromatic rings. The molecule has 0 spiro atoms. The van der Waals surface area contributed by atoms with E-state index in [1.54, 1.807) is 0 Å². The van der Waals surface area contributed by atoms with Crippen molar-refractivity contribution in [2.45, 2.75) is 37.2 Å². The number of nitrogens with two attached hydrogens (primary N) is 1. The standard InChI is InChI=1S/C15H20N2O/c16-10-15(7-5-12(18)6-8-15)14-9-11-3-1-2-4-13(11)17-14/h1-4,9,12,17-18H,5-8,10,16H2. The second-order valence-electron chi connectivity index (χ2n) is 5.49. The molecule has 0 radical (unpaired) electrons. The SMILES string of the molecule is NCC1(c2cc3ccccc3[nH]2)CCC(O)CC1. The van der Waals surface area contributed by atoms with Crippen LogP contribution in [-0.4, -0.2) is 22.7 Å². The first-order valence-electron chi connectivity index (χ1n) is 6.70. The fourth-order valence-corrected chi connectivity index (χ4v) is 3.10. The molecule has 1 aliphatic carbocycles. The summed E-state index contributed by atoms with van der Waals surface area (Å²) in [6.07, 6.45) is 3.50. The number of aliphatic hydroxyl groups excluding tert-OH is 1. The van der Waals surface area contributed by atoms with Gasteiger partial charge in [0.1, 0.15) is 0 Å². The molecule has 0 amide bonds. The van der Waals surface area contributed by atoms with Crippen LogP contribution in [0.2, 0.25) is 0 Å². The van der Waals surface area contributed by atoms with Crippen molar-refractivity contribution in [2.75, 3.05) is 6.54 Å². The Kier molecular flexibility index (Phi) is 2.88. The first-order chi connectivity index (χ1) is 8.73. The molecule has 1 fully saturated rings. The van der Waals surface area contributed by atoms with Crippen molar-refractivity contribution in [3.05, 3.63) is 36.0 Å². The maximum absolute atomic E-state index is 9.67. The third kappa shape index (κ3) is 1.84. The van der Waals surface area contributed by atoms with Crippen LogP contribution in [0.4, 0.5) is 0 Å². The predicted octanol–water partition coefficient (Wildman–Crippen LogP) is 2.30. The maximum atomic E-state index is 9.67. The van der Waals surface area contributed by atoms with Gasteiger partial charge in [-0.25, -0.2) is 0 Å². The van der Waals surface area contributed by atoms with Crippen LogP contribution in [0.1, 0.15) is 31.4 Å². The highest BCUT2D eigenvalue weighted by Crippen LogP contribution is 2.39. The van der Waals surface area contributed by atoms with Gasteiger partial charge in [-0.05, 0) is 43.2 Å². The summed E-state index contributed by atoms with van der Waals surface area (Å²) in [5, 5.41) is 10.9. The molecule has 0 saturated heterocycles. The molecule has 0 unspecified atom stereocenters. The first kappa shape index (κ1) is 11.8. The molecule has 1 saturated carbocycles. The lowest BCUT2D eigenvalue weighted by Gasteiger charge is -2.37. The van der Waals surface area contributed by atoms with Crippen molar-refractivity contribution in [3.8, 4) is 0 Å². The smallest absolute Gasteiger partial charge is 0.0541 e. The summed E-state index contributed by atoms with van der Waals surface area (Å²) in [6, 6.07) is 10.5. The van der Waals surface area contributed by atoms with Crippen LogP contribution in [0.15, 0.2) is 30.3 Å². The lowest BCUT2D eigenvalue weighted by molar-refractivity contribution is 0.0964. The second kappa shape index (κ2) is 4.41. The zero-order valence-corrected chi connectivity index (χ0v) is 10.5. The van der Waals surface area contributed by atoms with Crippen LogP contribution in [0, 0.1) is 0 Å². The van der Waals surface area contributed by atoms with Gasteiger partial charge in [-0.15, -0.1) is 0 Å². The quantitative estimate of drug-likeness (QED) is 0.759. The van der Waals surface area contributed by atoms with Crippen LogP contribution >= 0.6 is 0 Å². The number of nitrogens with one attached hydrogen (secondary N) is 1. The Morgan fingerprint density at radius 1 is 1.28 bits per heavy atom. The highest BCUT2D eigenvalue weighted by molar-refractivity contribution is 5.80. The number of hydrogen-bond donors (Lipinski definition) is 3. The summed E-state index contributed by atoms with van der Waals surface area (Å²) in [6.45, 7) is 0.645. The van der Waals surface area contributed by atoms with Gasteiger partial charge >= 0.3 is 0 Å². The number of H-pyrrole nitrogens is 1. The fraction of sp³-hybridized carbons (Fsp3) is 0.467. The van der Waals surface area contributed by atoms with Gasteiger partial charge in [0, 0.05) is 23.2 Å². The highest BCUT2D eigenvalue weighted by Gasteiger charge is 2.36. The highest BCUT2D eigenvalue weighted by atomic mass is 16.3. The van der Waals surface area contributed by atoms with Gasteiger partial charge < -0.3 is 15.8 Å². The Hall–Kier alpha value is -1.32. The second-order valence-corrected chi connectivity index (χ2v) is 5.49. The molecule has 0 atom stereocenters. The van der Waals surface area contributed by atoms with E-state index < -0.39 is 0 Å². The summed E-state index contributed by atoms with van der Waals surface area (Å²) >= 11 is 0. The normalized spacial score (nSPS) is 28.7. The number of fused-ring (bicyclic) bond motifs is 1. The van der Waals surface area contributed by atoms with E-state index in [1.807, 2.05) is 6.07 Å². The Morgan fingerprint density at radius 2 is 2.00 bits per heavy atom. The minimum absolute atomic E-state index is 0.0260. The number of aromatic nitrogens is 1. The van der Waals surface area contributed by atoms with Crippen LogP contribution in [0.5, 0.6) is 0 Å². The van der Waals surface area contributed by atoms with Gasteiger partial charge in [0.15, 0.2) is 0 Å². The van der Waals surface area contributed by atoms with Gasteiger partial charge in [0.05, 0.1) is 6.10 Å². The molecule has 18 heavy (non-hydrogen) atoms. The number of benzene rings is 1. The zero-order valence-electron chi connectivity index (χ0n) is 10.5. The Bertz CT molecular complexity index is 505. The van der Waals surface area contributed by atoms with E-state index in [-0.39, 0.29) is 11.5 Å². The van der Waals surface area contributed by atoms with E-state index in [0.29, 0.717) is 6.54 Å². The topological polar surface area (TPSA) is 62.0 Å². The van der Waals surface area contributed by atoms with Crippen molar-refractivity contribution in [1.82, 2.24) is 4.98 Å². The number of rotatable bonds is 2. The average Bonchev–Trinajstić information content (AvgIpc) is 2.84. The lowest BCUT2D eigenvalue weighted by Crippen LogP contribution is -2.40. The van der Waals surface area contributed by atoms with E-state index in [2.05, 4.69) is 29.2 Å². The monoisotopic (exact) mass is 244 g/mol. The third-order valence-electron chi connectivity index (χ3n) is 4.40. The number of aromatic amines is 1. The van der Waals surface area contributed by atoms with Crippen LogP contribution in [0.25, 0.3) is 10.9 Å². The largest absolute Gasteiger partial charge is 0.393 e. The van der Waals surface area contributed by atoms with E-state index in [4.69, 9.17) is 5.73 Å². The number of para-hydroxylation sites is 1. The molecule has 4 N–H and O–H groups in total. The van der Waals surface area contributed by atoms with Gasteiger partial charge in [-0.2, -0.15) is 0 Å². The molecule has 1 aromatic carbocycles. The number of hydrogen-bond acceptors (Lipinski definition) is 2. The molecule has 1 aliphatic rings. The Balaban J connectivity index is 2.00. The fourth-order valence-electron chi connectivity index (χ4n) is 3.10. The molecule has 3 nitrogen and oxygen atoms in total. The minimum Gasteiger partial charge on any atom is -0.393 e. The summed E-state index contributed by atoms with van der Waals surface area (Å²) in [5.74, 6) is 0. The van der Waals surface area contributed by atoms with Crippen molar-refractivity contribution < 1.29 is 5.11 Å². The maximum Gasteiger partial charge on any atom is 0.0541 e. The van der Waals surface area contributed by atoms with Gasteiger partial charge in [0.25, 0.3) is 0 Å². The lowest BCUT2D eigenvalue weighted by atomic mass is 9.71. The zero-order chi connectivity index (χ0) is 12.6. The van der Waals surface area contributed by atoms with E-state index in [0.717, 1.165) is 25.7 Å². The Labute approximate surface area is 107 Å². The van der Waals surface area contributed by atoms with Crippen molar-refractivity contribution >= 4 is 10.9 Å². The predicted molar refractivity (Wildman–Crippen MR) is 73.5 cm³/mol. The molecule has 3 heteroatoms. The molecular formula is C15H20N2O. The van der Waals surface area contributed by atoms with Crippen LogP contribution in [-0.2, 0) is 5.41 Å². The Morgan fingerprint density at radius 3 is 2.67 bits per heavy atom. The van der Waals surface area contributed by atoms with Crippen molar-refractivity contribution in [2.24, 2.45) is 5.73 Å². The average molecular weight is 244 g/mol. The molecule has 1 aromatic heterocycles. The summed E-state index contributed by atoms with van der Waals surface area (Å²) in [7, 11) is 0. The molecule has 0 aliphatic heterocycles. The molecular weight excluding hydrogens is 224 g/mol. The molecule has 96 valence electrons. The van der Waals surface area contributed by atoms with E-state index in [1.165, 1.54) is 16.6 Å². The number of aliphatic hydroxyl groups is 1. The van der Waals surface area contributed by atoms with Crippen LogP contribution < -0.4 is 5.73 Å². The van der Waals surface area contributed by atoms with Crippen molar-refractivity contribution in [3.63, 3.8) is 0 Å². The van der Waals surface area contributed by atoms with Gasteiger partial charge in [0.2, 0.25) is 0 Å². The van der Waals surface area contributed by atoms with Crippen molar-refractivity contribution in [1.29, 1.82) is 0 Å². The van der Waals surface area contributed by atoms with Gasteiger partial charge in [-0.3, -0.25) is 0 Å². The van der Waals surface area contributed by atoms with Crippen LogP contribution in [0.3, 0.4) is 0 Å². The summed E-state index contributed by atoms with van der Waals surface area (Å²) in [4.78, 5) is 3.51. The van der Waals surface area contributed by atoms with E-state index >= 15 is 0 Å². The molecule has 0 bridgehead atoms. The third-order valence-corrected chi connectivity index (χ3v) is 4.40. The first-order valence-corrected chi connectivity index (χ1v) is 6.70. The minimum atomic E-state index is -0.144. The summed E-state index contributed by atoms with van der Waals surface area (Å²) in [5.41, 5.74) is 8.47. The molecule has 3 rings (SSSR count). The van der Waals surface area contributed by atoms with E-state index in [9.17, 15) is 5.11 Å². The molecule has 1 heterocycles. The summed E-state index contributed by atoms with van der Waals surface area (Å²) < 4.78 is 0. The van der Waals surface area contributed by atoms with Gasteiger partial charge in [-0.1, -0.05) is 18.2 Å².